The molecule has 0 bridgehead atoms. The summed E-state index contributed by atoms with van der Waals surface area (Å²) in [7, 11) is 0. The highest BCUT2D eigenvalue weighted by molar-refractivity contribution is 7.21. The van der Waals surface area contributed by atoms with E-state index in [2.05, 4.69) is 333 Å². The lowest BCUT2D eigenvalue weighted by Crippen LogP contribution is -2.14. The summed E-state index contributed by atoms with van der Waals surface area (Å²) < 4.78 is 14.4. The molecule has 0 aliphatic heterocycles. The molecule has 16 aromatic carbocycles. The Morgan fingerprint density at radius 1 is 0.242 bits per heavy atom. The zero-order chi connectivity index (χ0) is 80.3. The van der Waals surface area contributed by atoms with Gasteiger partial charge in [-0.15, -0.1) is 11.3 Å². The van der Waals surface area contributed by atoms with Crippen LogP contribution in [0, 0.1) is 0 Å². The van der Waals surface area contributed by atoms with Crippen LogP contribution in [0.5, 0.6) is 0 Å². The van der Waals surface area contributed by atoms with Crippen molar-refractivity contribution in [2.75, 3.05) is 0 Å². The molecule has 0 spiro atoms. The average molecular weight is 1560 g/mol. The van der Waals surface area contributed by atoms with Crippen molar-refractivity contribution in [1.29, 1.82) is 0 Å². The van der Waals surface area contributed by atoms with Crippen LogP contribution in [0.15, 0.2) is 368 Å². The Balaban J connectivity index is 0.000000106. The molecule has 0 unspecified atom stereocenters. The fraction of sp³-hybridized carbons (Fsp3) is 0.0818. The Morgan fingerprint density at radius 3 is 0.983 bits per heavy atom. The van der Waals surface area contributed by atoms with Crippen LogP contribution in [0.25, 0.3) is 193 Å². The van der Waals surface area contributed by atoms with E-state index >= 15 is 0 Å². The van der Waals surface area contributed by atoms with Crippen LogP contribution in [-0.4, -0.2) is 38.6 Å². The third-order valence-electron chi connectivity index (χ3n) is 25.5. The van der Waals surface area contributed by atoms with Crippen molar-refractivity contribution in [3.8, 4) is 107 Å². The quantitative estimate of drug-likeness (QED) is 0.150. The normalized spacial score (nSPS) is 13.6. The molecule has 570 valence electrons. The van der Waals surface area contributed by atoms with Crippen LogP contribution in [0.1, 0.15) is 74.9 Å². The van der Waals surface area contributed by atoms with Gasteiger partial charge in [0.15, 0.2) is 23.1 Å². The van der Waals surface area contributed by atoms with Crippen molar-refractivity contribution in [2.45, 2.75) is 57.8 Å². The minimum atomic E-state index is -0.0726. The van der Waals surface area contributed by atoms with Gasteiger partial charge in [-0.05, 0) is 218 Å². The van der Waals surface area contributed by atoms with E-state index in [1.807, 2.05) is 91.0 Å². The molecule has 0 radical (unpaired) electrons. The van der Waals surface area contributed by atoms with Gasteiger partial charge in [-0.2, -0.15) is 0 Å². The van der Waals surface area contributed by atoms with Crippen LogP contribution in [0.2, 0.25) is 0 Å². The Bertz CT molecular complexity index is 7500. The number of para-hydroxylation sites is 6. The molecule has 3 aliphatic rings. The zero-order valence-corrected chi connectivity index (χ0v) is 67.9. The van der Waals surface area contributed by atoms with Gasteiger partial charge in [0.2, 0.25) is 5.89 Å². The van der Waals surface area contributed by atoms with Crippen molar-refractivity contribution in [3.63, 3.8) is 0 Å². The molecule has 3 aliphatic carbocycles. The standard InChI is InChI=1S/C42H30N4.C34H24N2O.C34H24N2S/c1-42(2)35-19-11-9-17-31(35)33-25-34-32-18-10-12-20-37(32)46(38(34)26-36(33)42)30-23-21-29(22-24-30)41-44-39(27-13-5-3-6-14-27)43-40(45-41)28-15-7-4-8-16-28;2*1-34(2)27-11-5-3-9-23(27)25-19-26-24-10-4-7-13-30(24)36(31(26)20-28(25)34)22-17-15-21(16-18-22)33-35-29-12-6-8-14-32(29)37-33/h3-26H,1-2H3;2*3-20H,1-2H3. The Kier molecular flexibility index (Phi) is 16.0. The maximum Gasteiger partial charge on any atom is 0.227 e. The smallest absolute Gasteiger partial charge is 0.227 e. The first-order valence-corrected chi connectivity index (χ1v) is 42.0. The van der Waals surface area contributed by atoms with Gasteiger partial charge in [0.05, 0.1) is 43.3 Å². The van der Waals surface area contributed by atoms with Crippen molar-refractivity contribution in [3.05, 3.63) is 397 Å². The number of thiazole rings is 1. The van der Waals surface area contributed by atoms with Gasteiger partial charge in [0.1, 0.15) is 10.5 Å². The number of hydrogen-bond donors (Lipinski definition) is 0. The molecule has 0 N–H and O–H groups in total. The largest absolute Gasteiger partial charge is 0.436 e. The first-order valence-electron chi connectivity index (χ1n) is 41.2. The maximum atomic E-state index is 6.01. The summed E-state index contributed by atoms with van der Waals surface area (Å²) in [6, 6.07) is 130. The van der Waals surface area contributed by atoms with Crippen LogP contribution >= 0.6 is 11.3 Å². The Hall–Kier alpha value is -14.7. The minimum absolute atomic E-state index is 0.0297. The van der Waals surface area contributed by atoms with Crippen LogP contribution in [0.3, 0.4) is 0 Å². The van der Waals surface area contributed by atoms with Gasteiger partial charge in [0.25, 0.3) is 0 Å². The van der Waals surface area contributed by atoms with Crippen molar-refractivity contribution >= 4 is 98.1 Å². The van der Waals surface area contributed by atoms with E-state index < -0.39 is 0 Å². The van der Waals surface area contributed by atoms with Crippen molar-refractivity contribution in [1.82, 2.24) is 38.6 Å². The molecule has 10 heteroatoms. The number of nitrogens with zero attached hydrogens (tertiary/aromatic N) is 8. The maximum absolute atomic E-state index is 6.01. The molecule has 6 heterocycles. The molecule has 0 saturated carbocycles. The fourth-order valence-electron chi connectivity index (χ4n) is 19.5. The predicted octanol–water partition coefficient (Wildman–Crippen LogP) is 28.5. The van der Waals surface area contributed by atoms with Crippen molar-refractivity contribution in [2.24, 2.45) is 0 Å². The topological polar surface area (TPSA) is 92.4 Å². The number of benzene rings is 16. The summed E-state index contributed by atoms with van der Waals surface area (Å²) in [5, 5.41) is 8.73. The van der Waals surface area contributed by atoms with E-state index in [1.54, 1.807) is 11.3 Å². The fourth-order valence-corrected chi connectivity index (χ4v) is 20.5. The first-order chi connectivity index (χ1) is 58.7. The van der Waals surface area contributed by atoms with E-state index in [-0.39, 0.29) is 16.2 Å². The number of rotatable bonds is 8. The first kappa shape index (κ1) is 70.7. The van der Waals surface area contributed by atoms with Crippen LogP contribution in [0.4, 0.5) is 0 Å². The second-order valence-corrected chi connectivity index (χ2v) is 34.5. The average Bonchev–Trinajstić information content (AvgIpc) is 1.56. The van der Waals surface area contributed by atoms with E-state index in [0.717, 1.165) is 60.8 Å². The Morgan fingerprint density at radius 2 is 0.575 bits per heavy atom. The number of aromatic nitrogens is 8. The third-order valence-corrected chi connectivity index (χ3v) is 26.6. The van der Waals surface area contributed by atoms with Gasteiger partial charge in [0, 0.05) is 93.4 Å². The predicted molar refractivity (Wildman–Crippen MR) is 496 cm³/mol. The van der Waals surface area contributed by atoms with E-state index in [4.69, 9.17) is 24.4 Å². The molecule has 0 saturated heterocycles. The number of fused-ring (bicyclic) bond motifs is 20. The van der Waals surface area contributed by atoms with Gasteiger partial charge in [-0.1, -0.05) is 254 Å². The van der Waals surface area contributed by atoms with Crippen LogP contribution < -0.4 is 0 Å². The zero-order valence-electron chi connectivity index (χ0n) is 67.0. The minimum Gasteiger partial charge on any atom is -0.436 e. The van der Waals surface area contributed by atoms with Crippen LogP contribution in [-0.2, 0) is 16.2 Å². The SMILES string of the molecule is CC1(C)c2ccccc2-c2cc3c4ccccc4n(-c4ccc(-c5nc(-c6ccccc6)nc(-c6ccccc6)n5)cc4)c3cc21.CC1(C)c2ccccc2-c2cc3c4ccccc4n(-c4ccc(-c5nc6ccccc6o5)cc4)c3cc21.CC1(C)c2ccccc2-c2cc3c4ccccc4n(-c4ccc(-c5nc6ccccc6s5)cc4)c3cc21. The molecular formula is C110H78N8OS. The van der Waals surface area contributed by atoms with Gasteiger partial charge in [-0.25, -0.2) is 24.9 Å². The second-order valence-electron chi connectivity index (χ2n) is 33.5. The summed E-state index contributed by atoms with van der Waals surface area (Å²) in [6.45, 7) is 14.1. The summed E-state index contributed by atoms with van der Waals surface area (Å²) in [6.07, 6.45) is 0. The van der Waals surface area contributed by atoms with Crippen molar-refractivity contribution < 1.29 is 4.42 Å². The third kappa shape index (κ3) is 11.2. The molecule has 120 heavy (non-hydrogen) atoms. The van der Waals surface area contributed by atoms with E-state index in [0.29, 0.717) is 23.4 Å². The summed E-state index contributed by atoms with van der Waals surface area (Å²) in [4.78, 5) is 24.3. The molecule has 6 aromatic heterocycles. The number of oxazole rings is 1. The molecule has 0 fully saturated rings. The second kappa shape index (κ2) is 27.2. The summed E-state index contributed by atoms with van der Waals surface area (Å²) in [5.41, 5.74) is 34.8. The molecule has 25 rings (SSSR count). The monoisotopic (exact) mass is 1560 g/mol. The molecule has 0 atom stereocenters. The van der Waals surface area contributed by atoms with Gasteiger partial charge < -0.3 is 18.1 Å². The summed E-state index contributed by atoms with van der Waals surface area (Å²) in [5.74, 6) is 2.62. The lowest BCUT2D eigenvalue weighted by atomic mass is 9.82. The number of hydrogen-bond acceptors (Lipinski definition) is 7. The summed E-state index contributed by atoms with van der Waals surface area (Å²) >= 11 is 1.75. The lowest BCUT2D eigenvalue weighted by molar-refractivity contribution is 0.620. The molecule has 0 amide bonds. The molecule has 22 aromatic rings. The van der Waals surface area contributed by atoms with Gasteiger partial charge in [-0.3, -0.25) is 0 Å². The lowest BCUT2D eigenvalue weighted by Gasteiger charge is -2.21. The van der Waals surface area contributed by atoms with Gasteiger partial charge >= 0.3 is 0 Å². The highest BCUT2D eigenvalue weighted by atomic mass is 32.1. The van der Waals surface area contributed by atoms with E-state index in [9.17, 15) is 0 Å². The highest BCUT2D eigenvalue weighted by Crippen LogP contribution is 2.55. The molecule has 9 nitrogen and oxygen atoms in total. The molecular weight excluding hydrogens is 1480 g/mol. The highest BCUT2D eigenvalue weighted by Gasteiger charge is 2.39. The Labute approximate surface area is 698 Å². The van der Waals surface area contributed by atoms with E-state index in [1.165, 1.54) is 143 Å².